The minimum absolute atomic E-state index is 0.0333. The van der Waals surface area contributed by atoms with Crippen LogP contribution in [0.1, 0.15) is 39.1 Å². The highest BCUT2D eigenvalue weighted by Gasteiger charge is 2.65. The van der Waals surface area contributed by atoms with E-state index in [1.165, 1.54) is 20.3 Å². The molecule has 3 aliphatic heterocycles. The van der Waals surface area contributed by atoms with Gasteiger partial charge in [-0.15, -0.1) is 0 Å². The van der Waals surface area contributed by atoms with Crippen LogP contribution in [-0.4, -0.2) is 41.9 Å². The lowest BCUT2D eigenvalue weighted by Gasteiger charge is -2.33. The van der Waals surface area contributed by atoms with Gasteiger partial charge in [-0.3, -0.25) is 14.8 Å². The van der Waals surface area contributed by atoms with Gasteiger partial charge >= 0.3 is 5.97 Å². The van der Waals surface area contributed by atoms with Crippen LogP contribution < -0.4 is 15.4 Å². The quantitative estimate of drug-likeness (QED) is 0.340. The third-order valence-electron chi connectivity index (χ3n) is 8.19. The number of carbonyl (C=O) groups is 2. The zero-order valence-electron chi connectivity index (χ0n) is 20.7. The van der Waals surface area contributed by atoms with Crippen molar-refractivity contribution in [3.05, 3.63) is 86.8 Å². The zero-order chi connectivity index (χ0) is 27.2. The Bertz CT molecular complexity index is 1740. The summed E-state index contributed by atoms with van der Waals surface area (Å²) in [6, 6.07) is 12.8. The summed E-state index contributed by atoms with van der Waals surface area (Å²) in [5.74, 6) is -1.86. The summed E-state index contributed by atoms with van der Waals surface area (Å²) in [5.41, 5.74) is 1.89. The Labute approximate surface area is 232 Å². The average Bonchev–Trinajstić information content (AvgIpc) is 3.62. The van der Waals surface area contributed by atoms with E-state index in [4.69, 9.17) is 37.8 Å². The molecular weight excluding hydrogens is 546 g/mol. The Hall–Kier alpha value is -3.66. The number of rotatable bonds is 3. The molecule has 1 aromatic heterocycles. The minimum Gasteiger partial charge on any atom is -0.493 e. The minimum atomic E-state index is -1.29. The van der Waals surface area contributed by atoms with E-state index in [2.05, 4.69) is 10.6 Å². The van der Waals surface area contributed by atoms with Gasteiger partial charge in [0.25, 0.3) is 0 Å². The molecule has 3 aliphatic rings. The van der Waals surface area contributed by atoms with Crippen LogP contribution in [0.4, 0.5) is 10.1 Å². The topological polar surface area (TPSA) is 94.5 Å². The standard InChI is InChI=1S/C28H21Cl2FN4O4/c1-38-25-15(26(36)39-2)8-7-13-20-11-19-24(35(20)34-23(13)25)21(14-4-3-5-17(30)22(14)31)28(33-19)16-9-6-12(29)10-18(16)32-27(28)37/h3-10,19,21,24,33H,11H2,1-2H3,(H,32,37)/t19-,21-,24+,28+/m0/s1. The number of anilines is 1. The van der Waals surface area contributed by atoms with E-state index in [1.807, 2.05) is 10.7 Å². The van der Waals surface area contributed by atoms with Crippen LogP contribution in [0.25, 0.3) is 10.9 Å². The van der Waals surface area contributed by atoms with Gasteiger partial charge in [0.05, 0.1) is 25.3 Å². The summed E-state index contributed by atoms with van der Waals surface area (Å²) in [6.07, 6.45) is 0.512. The number of halogens is 3. The van der Waals surface area contributed by atoms with E-state index < -0.39 is 29.3 Å². The Balaban J connectivity index is 1.48. The van der Waals surface area contributed by atoms with Crippen molar-refractivity contribution in [2.45, 2.75) is 30.0 Å². The van der Waals surface area contributed by atoms with E-state index in [-0.39, 0.29) is 22.5 Å². The normalized spacial score (nSPS) is 24.5. The predicted molar refractivity (Wildman–Crippen MR) is 143 cm³/mol. The number of aromatic nitrogens is 2. The van der Waals surface area contributed by atoms with Crippen LogP contribution in [0, 0.1) is 5.82 Å². The van der Waals surface area contributed by atoms with Crippen molar-refractivity contribution < 1.29 is 23.5 Å². The molecule has 0 bridgehead atoms. The molecule has 1 amide bonds. The predicted octanol–water partition coefficient (Wildman–Crippen LogP) is 4.98. The number of fused-ring (bicyclic) bond motifs is 7. The van der Waals surface area contributed by atoms with Crippen molar-refractivity contribution in [1.29, 1.82) is 0 Å². The fourth-order valence-electron chi connectivity index (χ4n) is 6.71. The Morgan fingerprint density at radius 1 is 1.18 bits per heavy atom. The molecule has 0 unspecified atom stereocenters. The van der Waals surface area contributed by atoms with Crippen LogP contribution >= 0.6 is 23.2 Å². The number of methoxy groups -OCH3 is 2. The van der Waals surface area contributed by atoms with Crippen molar-refractivity contribution in [3.63, 3.8) is 0 Å². The third-order valence-corrected chi connectivity index (χ3v) is 8.72. The molecule has 7 rings (SSSR count). The van der Waals surface area contributed by atoms with Crippen LogP contribution in [0.3, 0.4) is 0 Å². The molecule has 1 fully saturated rings. The highest BCUT2D eigenvalue weighted by molar-refractivity contribution is 6.31. The molecule has 4 aromatic rings. The summed E-state index contributed by atoms with van der Waals surface area (Å²) in [5, 5.41) is 12.7. The molecule has 39 heavy (non-hydrogen) atoms. The molecule has 4 atom stereocenters. The fraction of sp³-hybridized carbons (Fsp3) is 0.250. The van der Waals surface area contributed by atoms with Crippen molar-refractivity contribution in [2.75, 3.05) is 19.5 Å². The fourth-order valence-corrected chi connectivity index (χ4v) is 7.06. The SMILES string of the molecule is COC(=O)c1ccc2c3n(nc2c1OC)[C@@H]1[C@H](C3)N[C@@]2(C(=O)Nc3cc(Cl)ccc32)[C@H]1c1cccc(Cl)c1F. The lowest BCUT2D eigenvalue weighted by atomic mass is 9.74. The molecule has 0 aliphatic carbocycles. The second kappa shape index (κ2) is 8.42. The summed E-state index contributed by atoms with van der Waals surface area (Å²) >= 11 is 12.5. The lowest BCUT2D eigenvalue weighted by Crippen LogP contribution is -2.49. The van der Waals surface area contributed by atoms with Crippen molar-refractivity contribution in [1.82, 2.24) is 15.1 Å². The highest BCUT2D eigenvalue weighted by Crippen LogP contribution is 2.59. The Morgan fingerprint density at radius 2 is 2.00 bits per heavy atom. The molecule has 198 valence electrons. The first-order valence-electron chi connectivity index (χ1n) is 12.3. The van der Waals surface area contributed by atoms with Gasteiger partial charge in [0.2, 0.25) is 5.91 Å². The third kappa shape index (κ3) is 3.12. The van der Waals surface area contributed by atoms with Crippen molar-refractivity contribution >= 4 is 51.7 Å². The number of carbonyl (C=O) groups excluding carboxylic acids is 2. The molecule has 1 spiro atoms. The number of ether oxygens (including phenoxy) is 2. The monoisotopic (exact) mass is 566 g/mol. The molecule has 11 heteroatoms. The van der Waals surface area contributed by atoms with Gasteiger partial charge < -0.3 is 14.8 Å². The number of benzene rings is 3. The maximum absolute atomic E-state index is 15.8. The molecule has 1 saturated heterocycles. The number of amides is 1. The first-order chi connectivity index (χ1) is 18.8. The van der Waals surface area contributed by atoms with Gasteiger partial charge in [-0.1, -0.05) is 41.4 Å². The Morgan fingerprint density at radius 3 is 2.77 bits per heavy atom. The van der Waals surface area contributed by atoms with Gasteiger partial charge in [-0.25, -0.2) is 9.18 Å². The molecule has 0 radical (unpaired) electrons. The number of nitrogens with zero attached hydrogens (tertiary/aromatic N) is 2. The second-order valence-electron chi connectivity index (χ2n) is 9.94. The van der Waals surface area contributed by atoms with E-state index >= 15 is 4.39 Å². The number of nitrogens with one attached hydrogen (secondary N) is 2. The summed E-state index contributed by atoms with van der Waals surface area (Å²) < 4.78 is 28.1. The lowest BCUT2D eigenvalue weighted by molar-refractivity contribution is -0.122. The molecule has 3 aromatic carbocycles. The molecule has 0 saturated carbocycles. The first-order valence-corrected chi connectivity index (χ1v) is 13.0. The van der Waals surface area contributed by atoms with Crippen LogP contribution in [-0.2, 0) is 21.5 Å². The van der Waals surface area contributed by atoms with Crippen molar-refractivity contribution in [3.8, 4) is 5.75 Å². The Kier molecular flexibility index (Phi) is 5.26. The summed E-state index contributed by atoms with van der Waals surface area (Å²) in [6.45, 7) is 0. The van der Waals surface area contributed by atoms with E-state index in [0.29, 0.717) is 39.5 Å². The average molecular weight is 567 g/mol. The van der Waals surface area contributed by atoms with Crippen LogP contribution in [0.5, 0.6) is 5.75 Å². The maximum Gasteiger partial charge on any atom is 0.341 e. The number of esters is 1. The van der Waals surface area contributed by atoms with E-state index in [1.54, 1.807) is 36.4 Å². The van der Waals surface area contributed by atoms with E-state index in [9.17, 15) is 9.59 Å². The van der Waals surface area contributed by atoms with Gasteiger partial charge in [-0.2, -0.15) is 5.10 Å². The largest absolute Gasteiger partial charge is 0.493 e. The molecular formula is C28H21Cl2FN4O4. The highest BCUT2D eigenvalue weighted by atomic mass is 35.5. The molecule has 2 N–H and O–H groups in total. The maximum atomic E-state index is 15.8. The van der Waals surface area contributed by atoms with Crippen LogP contribution in [0.15, 0.2) is 48.5 Å². The first kappa shape index (κ1) is 24.4. The van der Waals surface area contributed by atoms with E-state index in [0.717, 1.165) is 11.1 Å². The van der Waals surface area contributed by atoms with Crippen LogP contribution in [0.2, 0.25) is 10.0 Å². The summed E-state index contributed by atoms with van der Waals surface area (Å²) in [4.78, 5) is 26.2. The summed E-state index contributed by atoms with van der Waals surface area (Å²) in [7, 11) is 2.77. The smallest absolute Gasteiger partial charge is 0.341 e. The van der Waals surface area contributed by atoms with Gasteiger partial charge in [-0.05, 0) is 35.9 Å². The van der Waals surface area contributed by atoms with Crippen molar-refractivity contribution in [2.24, 2.45) is 0 Å². The zero-order valence-corrected chi connectivity index (χ0v) is 22.2. The van der Waals surface area contributed by atoms with Gasteiger partial charge in [0, 0.05) is 45.7 Å². The van der Waals surface area contributed by atoms with Gasteiger partial charge in [0.1, 0.15) is 22.4 Å². The number of hydrogen-bond acceptors (Lipinski definition) is 6. The number of hydrogen-bond donors (Lipinski definition) is 2. The molecule has 8 nitrogen and oxygen atoms in total. The molecule has 4 heterocycles. The van der Waals surface area contributed by atoms with Gasteiger partial charge in [0.15, 0.2) is 5.75 Å². The second-order valence-corrected chi connectivity index (χ2v) is 10.8.